The SMILES string of the molecule is CC1(C)CC(=O)C2=C(C1)OC(N)=C(C(N)=O)[C@@H]2c1ccc(OCC#N)cc1. The van der Waals surface area contributed by atoms with Crippen LogP contribution in [0.2, 0.25) is 0 Å². The van der Waals surface area contributed by atoms with Gasteiger partial charge in [-0.05, 0) is 23.1 Å². The number of nitriles is 1. The molecule has 4 N–H and O–H groups in total. The van der Waals surface area contributed by atoms with Gasteiger partial charge in [0.2, 0.25) is 0 Å². The number of rotatable bonds is 4. The van der Waals surface area contributed by atoms with Crippen LogP contribution in [-0.2, 0) is 14.3 Å². The molecule has 1 aliphatic heterocycles. The first kappa shape index (κ1) is 18.5. The van der Waals surface area contributed by atoms with Gasteiger partial charge in [-0.1, -0.05) is 26.0 Å². The van der Waals surface area contributed by atoms with Gasteiger partial charge in [0.1, 0.15) is 17.6 Å². The van der Waals surface area contributed by atoms with Gasteiger partial charge < -0.3 is 20.9 Å². The highest BCUT2D eigenvalue weighted by Gasteiger charge is 2.44. The van der Waals surface area contributed by atoms with Crippen molar-refractivity contribution in [3.8, 4) is 11.8 Å². The summed E-state index contributed by atoms with van der Waals surface area (Å²) in [6.45, 7) is 3.90. The highest BCUT2D eigenvalue weighted by Crippen LogP contribution is 2.48. The third-order valence-electron chi connectivity index (χ3n) is 4.74. The highest BCUT2D eigenvalue weighted by atomic mass is 16.5. The van der Waals surface area contributed by atoms with E-state index in [2.05, 4.69) is 0 Å². The monoisotopic (exact) mass is 367 g/mol. The standard InChI is InChI=1S/C20H21N3O4/c1-20(2)9-13(24)16-14(10-20)27-19(23)17(18(22)25)15(16)11-3-5-12(6-4-11)26-8-7-21/h3-6,15H,8-10,23H2,1-2H3,(H2,22,25)/t15-/m1/s1. The van der Waals surface area contributed by atoms with E-state index in [9.17, 15) is 9.59 Å². The van der Waals surface area contributed by atoms with Crippen molar-refractivity contribution in [2.24, 2.45) is 16.9 Å². The van der Waals surface area contributed by atoms with Crippen molar-refractivity contribution >= 4 is 11.7 Å². The molecule has 1 heterocycles. The van der Waals surface area contributed by atoms with Crippen LogP contribution in [0, 0.1) is 16.7 Å². The summed E-state index contributed by atoms with van der Waals surface area (Å²) in [5.74, 6) is -0.556. The molecule has 1 atom stereocenters. The number of ketones is 1. The van der Waals surface area contributed by atoms with E-state index < -0.39 is 11.8 Å². The second kappa shape index (κ2) is 6.80. The van der Waals surface area contributed by atoms with Crippen LogP contribution in [0.1, 0.15) is 38.2 Å². The number of benzene rings is 1. The van der Waals surface area contributed by atoms with E-state index in [0.29, 0.717) is 35.5 Å². The molecule has 140 valence electrons. The average Bonchev–Trinajstić information content (AvgIpc) is 2.57. The number of nitrogens with two attached hydrogens (primary N) is 2. The Morgan fingerprint density at radius 1 is 1.33 bits per heavy atom. The Bertz CT molecular complexity index is 904. The summed E-state index contributed by atoms with van der Waals surface area (Å²) in [6.07, 6.45) is 0.891. The normalized spacial score (nSPS) is 21.2. The number of nitrogens with zero attached hydrogens (tertiary/aromatic N) is 1. The number of hydrogen-bond donors (Lipinski definition) is 2. The Kier molecular flexibility index (Phi) is 4.66. The molecular weight excluding hydrogens is 346 g/mol. The summed E-state index contributed by atoms with van der Waals surface area (Å²) in [6, 6.07) is 8.71. The zero-order valence-corrected chi connectivity index (χ0v) is 15.2. The van der Waals surface area contributed by atoms with Crippen LogP contribution in [0.4, 0.5) is 0 Å². The Morgan fingerprint density at radius 3 is 2.59 bits per heavy atom. The summed E-state index contributed by atoms with van der Waals surface area (Å²) in [5, 5.41) is 8.61. The molecule has 0 radical (unpaired) electrons. The molecule has 1 aromatic rings. The van der Waals surface area contributed by atoms with Crippen LogP contribution in [0.5, 0.6) is 5.75 Å². The number of ether oxygens (including phenoxy) is 2. The average molecular weight is 367 g/mol. The van der Waals surface area contributed by atoms with E-state index in [0.717, 1.165) is 0 Å². The summed E-state index contributed by atoms with van der Waals surface area (Å²) in [7, 11) is 0. The maximum absolute atomic E-state index is 12.9. The minimum absolute atomic E-state index is 0.0680. The molecule has 7 heteroatoms. The molecule has 1 amide bonds. The molecule has 0 aromatic heterocycles. The molecule has 0 fully saturated rings. The van der Waals surface area contributed by atoms with Crippen molar-refractivity contribution in [2.45, 2.75) is 32.6 Å². The highest BCUT2D eigenvalue weighted by molar-refractivity contribution is 6.04. The van der Waals surface area contributed by atoms with Gasteiger partial charge in [0, 0.05) is 18.4 Å². The smallest absolute Gasteiger partial charge is 0.250 e. The molecule has 0 saturated heterocycles. The lowest BCUT2D eigenvalue weighted by molar-refractivity contribution is -0.119. The van der Waals surface area contributed by atoms with E-state index in [4.69, 9.17) is 26.2 Å². The fourth-order valence-corrected chi connectivity index (χ4v) is 3.63. The molecule has 3 rings (SSSR count). The van der Waals surface area contributed by atoms with Gasteiger partial charge in [-0.15, -0.1) is 0 Å². The van der Waals surface area contributed by atoms with Gasteiger partial charge in [0.15, 0.2) is 18.3 Å². The minimum Gasteiger partial charge on any atom is -0.479 e. The predicted octanol–water partition coefficient (Wildman–Crippen LogP) is 2.00. The number of carbonyl (C=O) groups is 2. The molecule has 2 aliphatic rings. The minimum atomic E-state index is -0.730. The van der Waals surface area contributed by atoms with E-state index in [1.54, 1.807) is 24.3 Å². The maximum Gasteiger partial charge on any atom is 0.250 e. The van der Waals surface area contributed by atoms with Gasteiger partial charge in [-0.25, -0.2) is 0 Å². The lowest BCUT2D eigenvalue weighted by atomic mass is 9.70. The molecule has 0 spiro atoms. The number of carbonyl (C=O) groups excluding carboxylic acids is 2. The molecule has 0 bridgehead atoms. The predicted molar refractivity (Wildman–Crippen MR) is 96.8 cm³/mol. The van der Waals surface area contributed by atoms with Gasteiger partial charge in [0.25, 0.3) is 5.91 Å². The number of hydrogen-bond acceptors (Lipinski definition) is 6. The summed E-state index contributed by atoms with van der Waals surface area (Å²) < 4.78 is 10.9. The number of amides is 1. The molecule has 0 unspecified atom stereocenters. The largest absolute Gasteiger partial charge is 0.479 e. The number of allylic oxidation sites excluding steroid dienone is 2. The van der Waals surface area contributed by atoms with E-state index in [1.807, 2.05) is 19.9 Å². The Hall–Kier alpha value is -3.27. The molecule has 7 nitrogen and oxygen atoms in total. The maximum atomic E-state index is 12.9. The van der Waals surface area contributed by atoms with E-state index >= 15 is 0 Å². The molecule has 1 aromatic carbocycles. The van der Waals surface area contributed by atoms with Crippen LogP contribution < -0.4 is 16.2 Å². The van der Waals surface area contributed by atoms with Gasteiger partial charge in [-0.3, -0.25) is 9.59 Å². The van der Waals surface area contributed by atoms with Crippen molar-refractivity contribution < 1.29 is 19.1 Å². The van der Waals surface area contributed by atoms with Crippen molar-refractivity contribution in [1.82, 2.24) is 0 Å². The van der Waals surface area contributed by atoms with Crippen LogP contribution in [-0.4, -0.2) is 18.3 Å². The Labute approximate surface area is 157 Å². The van der Waals surface area contributed by atoms with Crippen molar-refractivity contribution in [2.75, 3.05) is 6.61 Å². The van der Waals surface area contributed by atoms with Gasteiger partial charge >= 0.3 is 0 Å². The second-order valence-electron chi connectivity index (χ2n) is 7.47. The fraction of sp³-hybridized carbons (Fsp3) is 0.350. The Morgan fingerprint density at radius 2 is 2.00 bits per heavy atom. The van der Waals surface area contributed by atoms with E-state index in [1.165, 1.54) is 0 Å². The summed E-state index contributed by atoms with van der Waals surface area (Å²) in [5.41, 5.74) is 12.5. The van der Waals surface area contributed by atoms with Crippen molar-refractivity contribution in [1.29, 1.82) is 5.26 Å². The third kappa shape index (κ3) is 3.51. The fourth-order valence-electron chi connectivity index (χ4n) is 3.63. The first-order valence-electron chi connectivity index (χ1n) is 8.57. The summed E-state index contributed by atoms with van der Waals surface area (Å²) in [4.78, 5) is 25.0. The first-order valence-corrected chi connectivity index (χ1v) is 8.57. The van der Waals surface area contributed by atoms with Crippen molar-refractivity contribution in [3.63, 3.8) is 0 Å². The zero-order chi connectivity index (χ0) is 19.8. The molecule has 1 aliphatic carbocycles. The first-order chi connectivity index (χ1) is 12.7. The lowest BCUT2D eigenvalue weighted by Gasteiger charge is -2.37. The van der Waals surface area contributed by atoms with Crippen LogP contribution in [0.25, 0.3) is 0 Å². The lowest BCUT2D eigenvalue weighted by Crippen LogP contribution is -2.36. The van der Waals surface area contributed by atoms with Gasteiger partial charge in [-0.2, -0.15) is 5.26 Å². The van der Waals surface area contributed by atoms with Crippen LogP contribution >= 0.6 is 0 Å². The Balaban J connectivity index is 2.08. The van der Waals surface area contributed by atoms with E-state index in [-0.39, 0.29) is 29.3 Å². The third-order valence-corrected chi connectivity index (χ3v) is 4.74. The van der Waals surface area contributed by atoms with Gasteiger partial charge in [0.05, 0.1) is 11.5 Å². The number of Topliss-reactive ketones (excluding diaryl/α,β-unsaturated/α-hetero) is 1. The number of primary amides is 1. The topological polar surface area (TPSA) is 128 Å². The molecule has 0 saturated carbocycles. The molecule has 27 heavy (non-hydrogen) atoms. The second-order valence-corrected chi connectivity index (χ2v) is 7.47. The van der Waals surface area contributed by atoms with Crippen LogP contribution in [0.15, 0.2) is 47.1 Å². The molecular formula is C20H21N3O4. The van der Waals surface area contributed by atoms with Crippen molar-refractivity contribution in [3.05, 3.63) is 52.6 Å². The quantitative estimate of drug-likeness (QED) is 0.837. The van der Waals surface area contributed by atoms with Crippen LogP contribution in [0.3, 0.4) is 0 Å². The summed E-state index contributed by atoms with van der Waals surface area (Å²) >= 11 is 0. The zero-order valence-electron chi connectivity index (χ0n) is 15.2.